The molecule has 1 atom stereocenters. The fourth-order valence-corrected chi connectivity index (χ4v) is 8.44. The maximum atomic E-state index is 13.9. The molecule has 0 N–H and O–H groups in total. The predicted molar refractivity (Wildman–Crippen MR) is 187 cm³/mol. The normalized spacial score (nSPS) is 14.9. The van der Waals surface area contributed by atoms with E-state index in [1.54, 1.807) is 18.4 Å². The van der Waals surface area contributed by atoms with E-state index in [1.807, 2.05) is 60.7 Å². The molecule has 0 saturated carbocycles. The Labute approximate surface area is 279 Å². The van der Waals surface area contributed by atoms with Crippen molar-refractivity contribution >= 4 is 79.3 Å². The highest BCUT2D eigenvalue weighted by Gasteiger charge is 2.33. The highest BCUT2D eigenvalue weighted by molar-refractivity contribution is 14.1. The lowest BCUT2D eigenvalue weighted by Gasteiger charge is -2.24. The summed E-state index contributed by atoms with van der Waals surface area (Å²) >= 11 is 5.89. The van der Waals surface area contributed by atoms with E-state index in [9.17, 15) is 9.59 Å². The van der Waals surface area contributed by atoms with E-state index in [-0.39, 0.29) is 12.2 Å². The number of allylic oxidation sites excluding steroid dienone is 1. The molecule has 0 unspecified atom stereocenters. The first kappa shape index (κ1) is 29.8. The number of thiazole rings is 1. The largest absolute Gasteiger partial charge is 0.487 e. The van der Waals surface area contributed by atoms with Gasteiger partial charge in [-0.3, -0.25) is 9.36 Å². The average molecular weight is 812 g/mol. The van der Waals surface area contributed by atoms with Crippen LogP contribution < -0.4 is 19.6 Å². The highest BCUT2D eigenvalue weighted by Crippen LogP contribution is 2.32. The number of hydrogen-bond acceptors (Lipinski definition) is 6. The third-order valence-corrected chi connectivity index (χ3v) is 9.79. The third kappa shape index (κ3) is 5.94. The number of aromatic nitrogens is 1. The molecule has 1 aliphatic rings. The maximum absolute atomic E-state index is 13.9. The Bertz CT molecular complexity index is 2060. The summed E-state index contributed by atoms with van der Waals surface area (Å²) < 4.78 is 15.8. The first-order valence-electron chi connectivity index (χ1n) is 13.7. The molecule has 9 heteroatoms. The number of esters is 1. The molecule has 0 aliphatic carbocycles. The Hall–Kier alpha value is -3.29. The minimum Gasteiger partial charge on any atom is -0.487 e. The van der Waals surface area contributed by atoms with Gasteiger partial charge in [0.15, 0.2) is 4.80 Å². The van der Waals surface area contributed by atoms with Gasteiger partial charge >= 0.3 is 5.97 Å². The maximum Gasteiger partial charge on any atom is 0.338 e. The fraction of sp³-hybridized carbons (Fsp3) is 0.147. The standard InChI is InChI=1S/C34H26I2N2O4S/c1-3-41-33(40)29-20(2)37-34-38(30(29)23-11-5-4-6-12-23)32(39)28(43-34)18-21-16-26(35)31(27(36)17-21)42-19-24-14-9-13-22-10-7-8-15-25(22)24/h4-18,30H,3,19H2,1-2H3/b28-18+/t30-/m0/s1. The van der Waals surface area contributed by atoms with Crippen LogP contribution in [0, 0.1) is 7.14 Å². The second-order valence-electron chi connectivity index (χ2n) is 9.95. The Balaban J connectivity index is 1.37. The van der Waals surface area contributed by atoms with Gasteiger partial charge in [0.05, 0.1) is 35.6 Å². The summed E-state index contributed by atoms with van der Waals surface area (Å²) in [6.07, 6.45) is 1.88. The van der Waals surface area contributed by atoms with Crippen molar-refractivity contribution in [3.8, 4) is 5.75 Å². The summed E-state index contributed by atoms with van der Waals surface area (Å²) in [7, 11) is 0. The van der Waals surface area contributed by atoms with Crippen LogP contribution in [0.3, 0.4) is 0 Å². The van der Waals surface area contributed by atoms with Gasteiger partial charge in [-0.1, -0.05) is 84.1 Å². The lowest BCUT2D eigenvalue weighted by atomic mass is 9.96. The van der Waals surface area contributed by atoms with Crippen molar-refractivity contribution in [2.24, 2.45) is 4.99 Å². The molecule has 0 fully saturated rings. The van der Waals surface area contributed by atoms with E-state index >= 15 is 0 Å². The van der Waals surface area contributed by atoms with E-state index in [4.69, 9.17) is 9.47 Å². The first-order chi connectivity index (χ1) is 20.9. The van der Waals surface area contributed by atoms with Gasteiger partial charge < -0.3 is 9.47 Å². The van der Waals surface area contributed by atoms with Crippen LogP contribution in [0.1, 0.15) is 36.6 Å². The number of halogens is 2. The molecule has 2 heterocycles. The van der Waals surface area contributed by atoms with Crippen molar-refractivity contribution in [3.63, 3.8) is 0 Å². The van der Waals surface area contributed by atoms with Crippen molar-refractivity contribution in [2.75, 3.05) is 6.61 Å². The van der Waals surface area contributed by atoms with Gasteiger partial charge in [0.2, 0.25) is 0 Å². The Morgan fingerprint density at radius 1 is 1.00 bits per heavy atom. The Morgan fingerprint density at radius 2 is 1.70 bits per heavy atom. The highest BCUT2D eigenvalue weighted by atomic mass is 127. The van der Waals surface area contributed by atoms with E-state index < -0.39 is 12.0 Å². The van der Waals surface area contributed by atoms with Crippen molar-refractivity contribution in [2.45, 2.75) is 26.5 Å². The number of benzene rings is 4. The number of carbonyl (C=O) groups is 1. The zero-order valence-electron chi connectivity index (χ0n) is 23.3. The summed E-state index contributed by atoms with van der Waals surface area (Å²) in [6.45, 7) is 4.25. The first-order valence-corrected chi connectivity index (χ1v) is 16.7. The van der Waals surface area contributed by atoms with E-state index in [0.29, 0.717) is 27.2 Å². The predicted octanol–water partition coefficient (Wildman–Crippen LogP) is 6.74. The van der Waals surface area contributed by atoms with Crippen LogP contribution >= 0.6 is 56.5 Å². The summed E-state index contributed by atoms with van der Waals surface area (Å²) in [5.74, 6) is 0.349. The van der Waals surface area contributed by atoms with Crippen LogP contribution in [0.15, 0.2) is 106 Å². The van der Waals surface area contributed by atoms with Crippen molar-refractivity contribution in [1.82, 2.24) is 4.57 Å². The number of fused-ring (bicyclic) bond motifs is 2. The van der Waals surface area contributed by atoms with Crippen LogP contribution in [0.4, 0.5) is 0 Å². The zero-order chi connectivity index (χ0) is 30.1. The molecule has 6 rings (SSSR count). The number of carbonyl (C=O) groups excluding carboxylic acids is 1. The van der Waals surface area contributed by atoms with Gasteiger partial charge in [-0.2, -0.15) is 0 Å². The van der Waals surface area contributed by atoms with Crippen molar-refractivity contribution in [1.29, 1.82) is 0 Å². The second kappa shape index (κ2) is 12.7. The van der Waals surface area contributed by atoms with Crippen LogP contribution in [-0.2, 0) is 16.1 Å². The molecule has 5 aromatic rings. The van der Waals surface area contributed by atoms with Crippen LogP contribution in [-0.4, -0.2) is 17.1 Å². The van der Waals surface area contributed by atoms with Crippen LogP contribution in [0.5, 0.6) is 5.75 Å². The van der Waals surface area contributed by atoms with Gasteiger partial charge in [0.25, 0.3) is 5.56 Å². The molecule has 1 aliphatic heterocycles. The lowest BCUT2D eigenvalue weighted by molar-refractivity contribution is -0.139. The number of ether oxygens (including phenoxy) is 2. The third-order valence-electron chi connectivity index (χ3n) is 7.20. The summed E-state index contributed by atoms with van der Waals surface area (Å²) in [5.41, 5.74) is 3.56. The van der Waals surface area contributed by atoms with Gasteiger partial charge in [0.1, 0.15) is 12.4 Å². The molecular weight excluding hydrogens is 786 g/mol. The molecule has 0 spiro atoms. The lowest BCUT2D eigenvalue weighted by Crippen LogP contribution is -2.39. The van der Waals surface area contributed by atoms with E-state index in [1.165, 1.54) is 22.1 Å². The topological polar surface area (TPSA) is 69.9 Å². The van der Waals surface area contributed by atoms with E-state index in [2.05, 4.69) is 80.5 Å². The SMILES string of the molecule is CCOC(=O)C1=C(C)N=c2s/c(=C/c3cc(I)c(OCc4cccc5ccccc45)c(I)c3)c(=O)n2[C@H]1c1ccccc1. The molecule has 1 aromatic heterocycles. The van der Waals surface area contributed by atoms with Crippen molar-refractivity contribution in [3.05, 3.63) is 140 Å². The Kier molecular flexibility index (Phi) is 8.83. The minimum atomic E-state index is -0.622. The molecule has 43 heavy (non-hydrogen) atoms. The summed E-state index contributed by atoms with van der Waals surface area (Å²) in [4.78, 5) is 32.2. The van der Waals surface area contributed by atoms with Gasteiger partial charge in [-0.25, -0.2) is 9.79 Å². The molecule has 6 nitrogen and oxygen atoms in total. The average Bonchev–Trinajstić information content (AvgIpc) is 3.30. The number of hydrogen-bond donors (Lipinski definition) is 0. The van der Waals surface area contributed by atoms with Crippen molar-refractivity contribution < 1.29 is 14.3 Å². The van der Waals surface area contributed by atoms with Gasteiger partial charge in [-0.15, -0.1) is 0 Å². The molecule has 0 bridgehead atoms. The molecular formula is C34H26I2N2O4S. The molecule has 0 radical (unpaired) electrons. The van der Waals surface area contributed by atoms with Crippen LogP contribution in [0.2, 0.25) is 0 Å². The van der Waals surface area contributed by atoms with Gasteiger partial charge in [0, 0.05) is 0 Å². The zero-order valence-corrected chi connectivity index (χ0v) is 28.5. The molecule has 0 amide bonds. The second-order valence-corrected chi connectivity index (χ2v) is 13.3. The van der Waals surface area contributed by atoms with Crippen LogP contribution in [0.25, 0.3) is 16.8 Å². The summed E-state index contributed by atoms with van der Waals surface area (Å²) in [5, 5.41) is 2.36. The number of rotatable bonds is 7. The van der Waals surface area contributed by atoms with E-state index in [0.717, 1.165) is 29.6 Å². The molecule has 0 saturated heterocycles. The minimum absolute atomic E-state index is 0.201. The summed E-state index contributed by atoms with van der Waals surface area (Å²) in [6, 6.07) is 27.5. The molecule has 4 aromatic carbocycles. The smallest absolute Gasteiger partial charge is 0.338 e. The Morgan fingerprint density at radius 3 is 2.44 bits per heavy atom. The quantitative estimate of drug-likeness (QED) is 0.135. The molecule has 216 valence electrons. The van der Waals surface area contributed by atoms with Gasteiger partial charge in [-0.05, 0) is 105 Å². The monoisotopic (exact) mass is 812 g/mol. The number of nitrogens with zero attached hydrogens (tertiary/aromatic N) is 2. The fourth-order valence-electron chi connectivity index (χ4n) is 5.26.